The fourth-order valence-electron chi connectivity index (χ4n) is 2.39. The van der Waals surface area contributed by atoms with Crippen LogP contribution in [0.15, 0.2) is 60.9 Å². The van der Waals surface area contributed by atoms with Gasteiger partial charge in [-0.2, -0.15) is 0 Å². The summed E-state index contributed by atoms with van der Waals surface area (Å²) >= 11 is 12.1. The number of benzene rings is 2. The molecule has 132 valence electrons. The van der Waals surface area contributed by atoms with Gasteiger partial charge in [0.05, 0.1) is 15.7 Å². The number of hydrogen-bond donors (Lipinski definition) is 2. The molecule has 0 radical (unpaired) electrons. The van der Waals surface area contributed by atoms with E-state index in [0.29, 0.717) is 16.5 Å². The van der Waals surface area contributed by atoms with Crippen LogP contribution in [0, 0.1) is 0 Å². The van der Waals surface area contributed by atoms with Crippen molar-refractivity contribution >= 4 is 40.6 Å². The van der Waals surface area contributed by atoms with E-state index >= 15 is 0 Å². The van der Waals surface area contributed by atoms with Crippen molar-refractivity contribution in [1.82, 2.24) is 9.97 Å². The zero-order valence-corrected chi connectivity index (χ0v) is 15.4. The van der Waals surface area contributed by atoms with Gasteiger partial charge in [0.25, 0.3) is 5.91 Å². The minimum absolute atomic E-state index is 0.0318. The summed E-state index contributed by atoms with van der Waals surface area (Å²) in [7, 11) is 0. The van der Waals surface area contributed by atoms with E-state index in [1.165, 1.54) is 6.33 Å². The monoisotopic (exact) mass is 386 g/mol. The molecule has 0 saturated heterocycles. The number of nitrogens with zero attached hydrogens (tertiary/aromatic N) is 2. The third-order valence-corrected chi connectivity index (χ3v) is 4.58. The van der Waals surface area contributed by atoms with Crippen LogP contribution in [-0.2, 0) is 0 Å². The van der Waals surface area contributed by atoms with Crippen molar-refractivity contribution in [2.75, 3.05) is 10.6 Å². The van der Waals surface area contributed by atoms with Gasteiger partial charge in [-0.3, -0.25) is 4.79 Å². The van der Waals surface area contributed by atoms with E-state index in [4.69, 9.17) is 23.2 Å². The third-order valence-electron chi connectivity index (χ3n) is 3.76. The van der Waals surface area contributed by atoms with Crippen LogP contribution in [0.1, 0.15) is 29.0 Å². The summed E-state index contributed by atoms with van der Waals surface area (Å²) in [6.07, 6.45) is 1.34. The van der Waals surface area contributed by atoms with Crippen molar-refractivity contribution in [2.45, 2.75) is 13.0 Å². The highest BCUT2D eigenvalue weighted by Gasteiger charge is 2.13. The Kier molecular flexibility index (Phi) is 5.71. The molecule has 1 aromatic heterocycles. The Morgan fingerprint density at radius 2 is 1.81 bits per heavy atom. The van der Waals surface area contributed by atoms with Gasteiger partial charge in [0.2, 0.25) is 0 Å². The summed E-state index contributed by atoms with van der Waals surface area (Å²) in [5, 5.41) is 6.62. The molecule has 2 aromatic carbocycles. The molecule has 0 aliphatic carbocycles. The molecule has 2 N–H and O–H groups in total. The number of carbonyl (C=O) groups excluding carboxylic acids is 1. The molecule has 7 heteroatoms. The molecule has 1 amide bonds. The van der Waals surface area contributed by atoms with Crippen molar-refractivity contribution in [1.29, 1.82) is 0 Å². The van der Waals surface area contributed by atoms with E-state index in [2.05, 4.69) is 20.6 Å². The lowest BCUT2D eigenvalue weighted by Crippen LogP contribution is -2.15. The van der Waals surface area contributed by atoms with Gasteiger partial charge >= 0.3 is 0 Å². The van der Waals surface area contributed by atoms with Gasteiger partial charge in [0.15, 0.2) is 0 Å². The summed E-state index contributed by atoms with van der Waals surface area (Å²) in [4.78, 5) is 20.7. The summed E-state index contributed by atoms with van der Waals surface area (Å²) < 4.78 is 0. The standard InChI is InChI=1S/C19H16Cl2N4O/c1-12(13-6-3-2-4-7-13)24-17-10-16(22-11-23-17)19(26)25-15-9-5-8-14(20)18(15)21/h2-12H,1H3,(H,25,26)(H,22,23,24). The SMILES string of the molecule is CC(Nc1cc(C(=O)Nc2cccc(Cl)c2Cl)ncn1)c1ccccc1. The van der Waals surface area contributed by atoms with E-state index < -0.39 is 5.91 Å². The number of rotatable bonds is 5. The summed E-state index contributed by atoms with van der Waals surface area (Å²) in [6.45, 7) is 2.02. The van der Waals surface area contributed by atoms with Crippen LogP contribution in [-0.4, -0.2) is 15.9 Å². The van der Waals surface area contributed by atoms with Gasteiger partial charge in [-0.15, -0.1) is 0 Å². The predicted octanol–water partition coefficient (Wildman–Crippen LogP) is 5.21. The number of amides is 1. The Labute approximate surface area is 161 Å². The molecule has 0 fully saturated rings. The van der Waals surface area contributed by atoms with E-state index in [1.807, 2.05) is 37.3 Å². The summed E-state index contributed by atoms with van der Waals surface area (Å²) in [5.41, 5.74) is 1.76. The highest BCUT2D eigenvalue weighted by molar-refractivity contribution is 6.44. The second kappa shape index (κ2) is 8.17. The molecule has 0 aliphatic rings. The zero-order chi connectivity index (χ0) is 18.5. The number of anilines is 2. The first-order valence-corrected chi connectivity index (χ1v) is 8.69. The second-order valence-corrected chi connectivity index (χ2v) is 6.41. The lowest BCUT2D eigenvalue weighted by Gasteiger charge is -2.15. The lowest BCUT2D eigenvalue weighted by molar-refractivity contribution is 0.102. The maximum Gasteiger partial charge on any atom is 0.274 e. The molecule has 5 nitrogen and oxygen atoms in total. The van der Waals surface area contributed by atoms with Gasteiger partial charge in [0, 0.05) is 12.1 Å². The number of aromatic nitrogens is 2. The van der Waals surface area contributed by atoms with Crippen molar-refractivity contribution in [2.24, 2.45) is 0 Å². The van der Waals surface area contributed by atoms with Crippen LogP contribution in [0.2, 0.25) is 10.0 Å². The average Bonchev–Trinajstić information content (AvgIpc) is 2.66. The topological polar surface area (TPSA) is 66.9 Å². The van der Waals surface area contributed by atoms with Crippen LogP contribution in [0.3, 0.4) is 0 Å². The van der Waals surface area contributed by atoms with Gasteiger partial charge in [-0.1, -0.05) is 59.6 Å². The molecule has 0 saturated carbocycles. The van der Waals surface area contributed by atoms with Gasteiger partial charge in [0.1, 0.15) is 17.8 Å². The van der Waals surface area contributed by atoms with Gasteiger partial charge < -0.3 is 10.6 Å². The molecule has 3 rings (SSSR count). The Morgan fingerprint density at radius 3 is 2.58 bits per heavy atom. The largest absolute Gasteiger partial charge is 0.363 e. The first-order chi connectivity index (χ1) is 12.5. The average molecular weight is 387 g/mol. The molecule has 1 atom stereocenters. The molecular weight excluding hydrogens is 371 g/mol. The number of nitrogens with one attached hydrogen (secondary N) is 2. The fraction of sp³-hybridized carbons (Fsp3) is 0.105. The van der Waals surface area contributed by atoms with Gasteiger partial charge in [-0.05, 0) is 24.6 Å². The highest BCUT2D eigenvalue weighted by atomic mass is 35.5. The molecule has 1 heterocycles. The molecule has 26 heavy (non-hydrogen) atoms. The Balaban J connectivity index is 1.74. The number of carbonyl (C=O) groups is 1. The maximum atomic E-state index is 12.5. The second-order valence-electron chi connectivity index (χ2n) is 5.62. The quantitative estimate of drug-likeness (QED) is 0.631. The molecule has 0 bridgehead atoms. The Morgan fingerprint density at radius 1 is 1.04 bits per heavy atom. The molecular formula is C19H16Cl2N4O. The van der Waals surface area contributed by atoms with Crippen molar-refractivity contribution in [3.8, 4) is 0 Å². The van der Waals surface area contributed by atoms with Gasteiger partial charge in [-0.25, -0.2) is 9.97 Å². The van der Waals surface area contributed by atoms with Crippen LogP contribution in [0.25, 0.3) is 0 Å². The van der Waals surface area contributed by atoms with Crippen molar-refractivity contribution in [3.63, 3.8) is 0 Å². The number of hydrogen-bond acceptors (Lipinski definition) is 4. The normalized spacial score (nSPS) is 11.7. The first-order valence-electron chi connectivity index (χ1n) is 7.93. The van der Waals surface area contributed by atoms with Crippen molar-refractivity contribution in [3.05, 3.63) is 82.2 Å². The lowest BCUT2D eigenvalue weighted by atomic mass is 10.1. The zero-order valence-electron chi connectivity index (χ0n) is 13.9. The summed E-state index contributed by atoms with van der Waals surface area (Å²) in [5.74, 6) is 0.158. The maximum absolute atomic E-state index is 12.5. The smallest absolute Gasteiger partial charge is 0.274 e. The van der Waals surface area contributed by atoms with E-state index in [0.717, 1.165) is 5.56 Å². The van der Waals surface area contributed by atoms with E-state index in [9.17, 15) is 4.79 Å². The first kappa shape index (κ1) is 18.2. The molecule has 0 aliphatic heterocycles. The van der Waals surface area contributed by atoms with E-state index in [1.54, 1.807) is 24.3 Å². The minimum atomic E-state index is -0.396. The molecule has 3 aromatic rings. The molecule has 1 unspecified atom stereocenters. The predicted molar refractivity (Wildman–Crippen MR) is 105 cm³/mol. The van der Waals surface area contributed by atoms with Crippen LogP contribution < -0.4 is 10.6 Å². The minimum Gasteiger partial charge on any atom is -0.363 e. The third kappa shape index (κ3) is 4.31. The van der Waals surface area contributed by atoms with E-state index in [-0.39, 0.29) is 16.8 Å². The summed E-state index contributed by atoms with van der Waals surface area (Å²) in [6, 6.07) is 16.6. The Hall–Kier alpha value is -2.63. The van der Waals surface area contributed by atoms with Crippen LogP contribution >= 0.6 is 23.2 Å². The highest BCUT2D eigenvalue weighted by Crippen LogP contribution is 2.29. The van der Waals surface area contributed by atoms with Crippen LogP contribution in [0.5, 0.6) is 0 Å². The van der Waals surface area contributed by atoms with Crippen LogP contribution in [0.4, 0.5) is 11.5 Å². The molecule has 0 spiro atoms. The number of halogens is 2. The fourth-order valence-corrected chi connectivity index (χ4v) is 2.74. The Bertz CT molecular complexity index is 918. The van der Waals surface area contributed by atoms with Crippen molar-refractivity contribution < 1.29 is 4.79 Å².